The summed E-state index contributed by atoms with van der Waals surface area (Å²) in [6, 6.07) is 0. The largest absolute Gasteiger partial charge is 0.481 e. The highest BCUT2D eigenvalue weighted by Gasteiger charge is 2.63. The van der Waals surface area contributed by atoms with Gasteiger partial charge >= 0.3 is 5.97 Å². The maximum Gasteiger partial charge on any atom is 0.312 e. The van der Waals surface area contributed by atoms with Crippen LogP contribution in [0.5, 0.6) is 0 Å². The molecule has 6 unspecified atom stereocenters. The summed E-state index contributed by atoms with van der Waals surface area (Å²) in [5.74, 6) is -0.577. The third kappa shape index (κ3) is 1.01. The lowest BCUT2D eigenvalue weighted by atomic mass is 9.47. The lowest BCUT2D eigenvalue weighted by molar-refractivity contribution is -0.218. The molecule has 15 heavy (non-hydrogen) atoms. The standard InChI is InChI=1S/C11H16O4/c12-8-6-1-5-2-7(8)9(13)11(3-5,4-6)10(14)15/h5-9,12-13H,1-4H2,(H,14,15). The van der Waals surface area contributed by atoms with Crippen molar-refractivity contribution in [1.29, 1.82) is 0 Å². The van der Waals surface area contributed by atoms with Crippen molar-refractivity contribution in [2.24, 2.45) is 23.2 Å². The van der Waals surface area contributed by atoms with E-state index in [1.165, 1.54) is 0 Å². The Morgan fingerprint density at radius 2 is 1.93 bits per heavy atom. The molecule has 3 N–H and O–H groups in total. The molecule has 0 radical (unpaired) electrons. The minimum atomic E-state index is -0.949. The van der Waals surface area contributed by atoms with Crippen LogP contribution in [0.1, 0.15) is 25.7 Å². The quantitative estimate of drug-likeness (QED) is 0.581. The number of aliphatic hydroxyl groups is 2. The number of hydrogen-bond donors (Lipinski definition) is 3. The maximum atomic E-state index is 11.3. The van der Waals surface area contributed by atoms with E-state index in [9.17, 15) is 20.1 Å². The van der Waals surface area contributed by atoms with E-state index in [0.29, 0.717) is 18.8 Å². The minimum Gasteiger partial charge on any atom is -0.481 e. The third-order valence-electron chi connectivity index (χ3n) is 4.84. The van der Waals surface area contributed by atoms with Crippen LogP contribution in [0, 0.1) is 23.2 Å². The first-order valence-corrected chi connectivity index (χ1v) is 5.64. The fourth-order valence-electron chi connectivity index (χ4n) is 4.24. The fourth-order valence-corrected chi connectivity index (χ4v) is 4.24. The normalized spacial score (nSPS) is 57.1. The van der Waals surface area contributed by atoms with Gasteiger partial charge in [0.1, 0.15) is 0 Å². The van der Waals surface area contributed by atoms with Gasteiger partial charge in [-0.25, -0.2) is 0 Å². The van der Waals surface area contributed by atoms with Crippen LogP contribution in [0.3, 0.4) is 0 Å². The molecule has 0 aliphatic heterocycles. The molecule has 4 bridgehead atoms. The monoisotopic (exact) mass is 212 g/mol. The van der Waals surface area contributed by atoms with E-state index in [1.807, 2.05) is 0 Å². The predicted octanol–water partition coefficient (Wildman–Crippen LogP) is 0.229. The van der Waals surface area contributed by atoms with Gasteiger partial charge in [-0.1, -0.05) is 0 Å². The second-order valence-electron chi connectivity index (χ2n) is 5.57. The molecule has 6 atom stereocenters. The number of hydrogen-bond acceptors (Lipinski definition) is 3. The van der Waals surface area contributed by atoms with Crippen molar-refractivity contribution in [2.75, 3.05) is 0 Å². The van der Waals surface area contributed by atoms with Crippen LogP contribution in [0.4, 0.5) is 0 Å². The van der Waals surface area contributed by atoms with Crippen molar-refractivity contribution in [1.82, 2.24) is 0 Å². The molecule has 84 valence electrons. The zero-order valence-electron chi connectivity index (χ0n) is 8.47. The second-order valence-corrected chi connectivity index (χ2v) is 5.57. The van der Waals surface area contributed by atoms with E-state index in [4.69, 9.17) is 0 Å². The van der Waals surface area contributed by atoms with E-state index in [-0.39, 0.29) is 11.8 Å². The lowest BCUT2D eigenvalue weighted by Crippen LogP contribution is -2.64. The highest BCUT2D eigenvalue weighted by Crippen LogP contribution is 2.60. The van der Waals surface area contributed by atoms with Gasteiger partial charge in [0.25, 0.3) is 0 Å². The van der Waals surface area contributed by atoms with Crippen molar-refractivity contribution in [3.8, 4) is 0 Å². The Kier molecular flexibility index (Phi) is 1.75. The molecule has 0 amide bonds. The number of carbonyl (C=O) groups is 1. The molecule has 0 heterocycles. The molecule has 4 saturated carbocycles. The van der Waals surface area contributed by atoms with E-state index in [2.05, 4.69) is 0 Å². The van der Waals surface area contributed by atoms with Crippen LogP contribution in [0.15, 0.2) is 0 Å². The molecule has 4 rings (SSSR count). The highest BCUT2D eigenvalue weighted by molar-refractivity contribution is 5.76. The SMILES string of the molecule is O=C(O)C12CC3CC(C1)C(O)C(C3)C2O. The smallest absolute Gasteiger partial charge is 0.312 e. The molecule has 0 aromatic carbocycles. The summed E-state index contributed by atoms with van der Waals surface area (Å²) in [6.45, 7) is 0. The number of aliphatic hydroxyl groups excluding tert-OH is 2. The van der Waals surface area contributed by atoms with Crippen molar-refractivity contribution in [2.45, 2.75) is 37.9 Å². The summed E-state index contributed by atoms with van der Waals surface area (Å²) in [5.41, 5.74) is -0.949. The first-order chi connectivity index (χ1) is 7.04. The molecule has 0 aromatic rings. The zero-order valence-corrected chi connectivity index (χ0v) is 8.47. The topological polar surface area (TPSA) is 77.8 Å². The molecule has 4 aliphatic carbocycles. The van der Waals surface area contributed by atoms with Gasteiger partial charge in [0, 0.05) is 5.92 Å². The first kappa shape index (κ1) is 9.60. The summed E-state index contributed by atoms with van der Waals surface area (Å²) in [6.07, 6.45) is 1.47. The molecule has 4 heteroatoms. The van der Waals surface area contributed by atoms with Crippen LogP contribution in [0.2, 0.25) is 0 Å². The number of aliphatic carboxylic acids is 1. The number of carboxylic acids is 1. The van der Waals surface area contributed by atoms with Crippen LogP contribution in [-0.2, 0) is 4.79 Å². The Balaban J connectivity index is 2.02. The number of rotatable bonds is 1. The molecule has 0 saturated heterocycles. The summed E-state index contributed by atoms with van der Waals surface area (Å²) in [5, 5.41) is 29.3. The predicted molar refractivity (Wildman–Crippen MR) is 51.0 cm³/mol. The molecular formula is C11H16O4. The van der Waals surface area contributed by atoms with Crippen LogP contribution < -0.4 is 0 Å². The summed E-state index contributed by atoms with van der Waals surface area (Å²) in [7, 11) is 0. The average molecular weight is 212 g/mol. The Morgan fingerprint density at radius 1 is 1.20 bits per heavy atom. The first-order valence-electron chi connectivity index (χ1n) is 5.64. The third-order valence-corrected chi connectivity index (χ3v) is 4.84. The van der Waals surface area contributed by atoms with E-state index in [0.717, 1.165) is 12.8 Å². The van der Waals surface area contributed by atoms with Gasteiger partial charge in [-0.3, -0.25) is 4.79 Å². The van der Waals surface area contributed by atoms with Crippen LogP contribution in [0.25, 0.3) is 0 Å². The fraction of sp³-hybridized carbons (Fsp3) is 0.909. The van der Waals surface area contributed by atoms with Gasteiger partial charge in [0.15, 0.2) is 0 Å². The maximum absolute atomic E-state index is 11.3. The lowest BCUT2D eigenvalue weighted by Gasteiger charge is -2.59. The molecule has 0 spiro atoms. The van der Waals surface area contributed by atoms with E-state index >= 15 is 0 Å². The van der Waals surface area contributed by atoms with Gasteiger partial charge in [0.05, 0.1) is 17.6 Å². The Morgan fingerprint density at radius 3 is 2.60 bits per heavy atom. The molecule has 4 nitrogen and oxygen atoms in total. The summed E-state index contributed by atoms with van der Waals surface area (Å²) >= 11 is 0. The van der Waals surface area contributed by atoms with Crippen molar-refractivity contribution < 1.29 is 20.1 Å². The zero-order chi connectivity index (χ0) is 10.8. The summed E-state index contributed by atoms with van der Waals surface area (Å²) in [4.78, 5) is 11.3. The van der Waals surface area contributed by atoms with Gasteiger partial charge in [0.2, 0.25) is 0 Å². The molecule has 4 aliphatic rings. The van der Waals surface area contributed by atoms with Gasteiger partial charge in [-0.05, 0) is 37.5 Å². The Labute approximate surface area is 87.9 Å². The molecule has 4 fully saturated rings. The van der Waals surface area contributed by atoms with Crippen LogP contribution >= 0.6 is 0 Å². The summed E-state index contributed by atoms with van der Waals surface area (Å²) < 4.78 is 0. The van der Waals surface area contributed by atoms with Crippen LogP contribution in [-0.4, -0.2) is 33.5 Å². The highest BCUT2D eigenvalue weighted by atomic mass is 16.4. The molecule has 0 aromatic heterocycles. The Bertz CT molecular complexity index is 316. The van der Waals surface area contributed by atoms with Gasteiger partial charge in [-0.2, -0.15) is 0 Å². The van der Waals surface area contributed by atoms with E-state index < -0.39 is 23.6 Å². The van der Waals surface area contributed by atoms with Gasteiger partial charge in [-0.15, -0.1) is 0 Å². The van der Waals surface area contributed by atoms with Crippen molar-refractivity contribution in [3.05, 3.63) is 0 Å². The Hall–Kier alpha value is -0.610. The van der Waals surface area contributed by atoms with Crippen molar-refractivity contribution >= 4 is 5.97 Å². The van der Waals surface area contributed by atoms with Gasteiger partial charge < -0.3 is 15.3 Å². The van der Waals surface area contributed by atoms with E-state index in [1.54, 1.807) is 0 Å². The molecular weight excluding hydrogens is 196 g/mol. The van der Waals surface area contributed by atoms with Crippen molar-refractivity contribution in [3.63, 3.8) is 0 Å². The minimum absolute atomic E-state index is 0.0991. The average Bonchev–Trinajstić information content (AvgIpc) is 2.19. The number of carboxylic acid groups (broad SMARTS) is 1. The second kappa shape index (κ2) is 2.74.